The van der Waals surface area contributed by atoms with Gasteiger partial charge in [-0.1, -0.05) is 60.7 Å². The van der Waals surface area contributed by atoms with E-state index in [0.29, 0.717) is 12.5 Å². The minimum Gasteiger partial charge on any atom is -0.394 e. The summed E-state index contributed by atoms with van der Waals surface area (Å²) in [5.41, 5.74) is 5.01. The zero-order chi connectivity index (χ0) is 17.1. The van der Waals surface area contributed by atoms with Crippen LogP contribution < -0.4 is 0 Å². The molecule has 2 aliphatic heterocycles. The zero-order valence-corrected chi connectivity index (χ0v) is 14.9. The van der Waals surface area contributed by atoms with E-state index in [0.717, 1.165) is 11.5 Å². The summed E-state index contributed by atoms with van der Waals surface area (Å²) in [6.45, 7) is 0.695. The molecule has 128 valence electrons. The van der Waals surface area contributed by atoms with Crippen molar-refractivity contribution in [3.8, 4) is 0 Å². The Bertz CT molecular complexity index is 773. The van der Waals surface area contributed by atoms with Crippen molar-refractivity contribution in [1.29, 1.82) is 0 Å². The highest BCUT2D eigenvalue weighted by atomic mass is 32.2. The summed E-state index contributed by atoms with van der Waals surface area (Å²) in [7, 11) is 0. The van der Waals surface area contributed by atoms with E-state index >= 15 is 0 Å². The number of rotatable bonds is 4. The predicted octanol–water partition coefficient (Wildman–Crippen LogP) is 3.84. The topological polar surface area (TPSA) is 35.8 Å². The first-order valence-corrected chi connectivity index (χ1v) is 9.87. The molecule has 4 heteroatoms. The Morgan fingerprint density at radius 1 is 1.08 bits per heavy atom. The van der Waals surface area contributed by atoms with Crippen molar-refractivity contribution in [2.24, 2.45) is 11.0 Å². The SMILES string of the molecule is OCCN1N=C2/C(=C\c3ccccc3)CSCC2C1c1ccccc1. The molecule has 1 N–H and O–H groups in total. The van der Waals surface area contributed by atoms with Gasteiger partial charge in [0.05, 0.1) is 24.9 Å². The van der Waals surface area contributed by atoms with E-state index in [2.05, 4.69) is 59.6 Å². The molecule has 2 atom stereocenters. The minimum atomic E-state index is 0.123. The number of fused-ring (bicyclic) bond motifs is 1. The van der Waals surface area contributed by atoms with Crippen LogP contribution in [0.15, 0.2) is 71.3 Å². The number of thioether (sulfide) groups is 1. The van der Waals surface area contributed by atoms with Gasteiger partial charge in [0.25, 0.3) is 0 Å². The van der Waals surface area contributed by atoms with Crippen LogP contribution in [-0.4, -0.2) is 40.5 Å². The van der Waals surface area contributed by atoms with Gasteiger partial charge in [0.1, 0.15) is 0 Å². The molecular weight excluding hydrogens is 328 g/mol. The van der Waals surface area contributed by atoms with Gasteiger partial charge >= 0.3 is 0 Å². The Morgan fingerprint density at radius 3 is 2.52 bits per heavy atom. The van der Waals surface area contributed by atoms with Gasteiger partial charge in [-0.2, -0.15) is 16.9 Å². The number of hydrogen-bond donors (Lipinski definition) is 1. The lowest BCUT2D eigenvalue weighted by Crippen LogP contribution is -2.31. The number of nitrogens with zero attached hydrogens (tertiary/aromatic N) is 2. The molecule has 2 aromatic carbocycles. The van der Waals surface area contributed by atoms with Gasteiger partial charge in [-0.25, -0.2) is 0 Å². The summed E-state index contributed by atoms with van der Waals surface area (Å²) >= 11 is 1.98. The largest absolute Gasteiger partial charge is 0.394 e. The molecule has 0 bridgehead atoms. The highest BCUT2D eigenvalue weighted by molar-refractivity contribution is 7.99. The van der Waals surface area contributed by atoms with Crippen molar-refractivity contribution in [2.75, 3.05) is 24.7 Å². The summed E-state index contributed by atoms with van der Waals surface area (Å²) in [4.78, 5) is 0. The fourth-order valence-electron chi connectivity index (χ4n) is 3.69. The number of hydrazone groups is 1. The second-order valence-electron chi connectivity index (χ2n) is 6.43. The van der Waals surface area contributed by atoms with Crippen molar-refractivity contribution in [1.82, 2.24) is 5.01 Å². The number of aliphatic hydroxyl groups is 1. The van der Waals surface area contributed by atoms with Crippen LogP contribution in [0.1, 0.15) is 17.2 Å². The molecule has 1 fully saturated rings. The number of benzene rings is 2. The summed E-state index contributed by atoms with van der Waals surface area (Å²) in [6, 6.07) is 21.2. The molecule has 0 radical (unpaired) electrons. The molecule has 2 heterocycles. The molecule has 0 aliphatic carbocycles. The molecule has 0 spiro atoms. The van der Waals surface area contributed by atoms with Crippen LogP contribution in [0, 0.1) is 5.92 Å². The van der Waals surface area contributed by atoms with E-state index in [1.807, 2.05) is 23.9 Å². The molecule has 3 nitrogen and oxygen atoms in total. The summed E-state index contributed by atoms with van der Waals surface area (Å²) < 4.78 is 0. The Hall–Kier alpha value is -2.04. The summed E-state index contributed by atoms with van der Waals surface area (Å²) in [5, 5.41) is 16.5. The van der Waals surface area contributed by atoms with Crippen LogP contribution in [0.25, 0.3) is 6.08 Å². The van der Waals surface area contributed by atoms with Gasteiger partial charge in [-0.05, 0) is 22.8 Å². The van der Waals surface area contributed by atoms with Crippen LogP contribution >= 0.6 is 11.8 Å². The van der Waals surface area contributed by atoms with Gasteiger partial charge in [0.15, 0.2) is 0 Å². The van der Waals surface area contributed by atoms with Gasteiger partial charge in [-0.15, -0.1) is 0 Å². The Kier molecular flexibility index (Phi) is 4.90. The van der Waals surface area contributed by atoms with Crippen molar-refractivity contribution < 1.29 is 5.11 Å². The highest BCUT2D eigenvalue weighted by Gasteiger charge is 2.41. The van der Waals surface area contributed by atoms with E-state index in [1.54, 1.807) is 0 Å². The quantitative estimate of drug-likeness (QED) is 0.910. The molecule has 4 rings (SSSR count). The lowest BCUT2D eigenvalue weighted by atomic mass is 9.87. The lowest BCUT2D eigenvalue weighted by molar-refractivity contribution is 0.158. The first-order valence-electron chi connectivity index (χ1n) is 8.71. The van der Waals surface area contributed by atoms with Crippen LogP contribution in [0.2, 0.25) is 0 Å². The van der Waals surface area contributed by atoms with Crippen LogP contribution in [-0.2, 0) is 0 Å². The fourth-order valence-corrected chi connectivity index (χ4v) is 4.85. The Balaban J connectivity index is 1.70. The minimum absolute atomic E-state index is 0.123. The fraction of sp³-hybridized carbons (Fsp3) is 0.286. The number of β-amino-alcohol motifs (C(OH)–C–C–N with tert-alkyl or cyclic N) is 1. The lowest BCUT2D eigenvalue weighted by Gasteiger charge is -2.30. The monoisotopic (exact) mass is 350 g/mol. The average molecular weight is 350 g/mol. The van der Waals surface area contributed by atoms with Gasteiger partial charge in [-0.3, -0.25) is 5.01 Å². The van der Waals surface area contributed by atoms with E-state index < -0.39 is 0 Å². The summed E-state index contributed by atoms with van der Waals surface area (Å²) in [6.07, 6.45) is 2.27. The first-order chi connectivity index (χ1) is 12.4. The predicted molar refractivity (Wildman–Crippen MR) is 106 cm³/mol. The Morgan fingerprint density at radius 2 is 1.80 bits per heavy atom. The van der Waals surface area contributed by atoms with Crippen molar-refractivity contribution >= 4 is 23.5 Å². The van der Waals surface area contributed by atoms with Crippen molar-refractivity contribution in [3.63, 3.8) is 0 Å². The van der Waals surface area contributed by atoms with Crippen LogP contribution in [0.3, 0.4) is 0 Å². The van der Waals surface area contributed by atoms with Crippen LogP contribution in [0.5, 0.6) is 0 Å². The first kappa shape index (κ1) is 16.4. The summed E-state index contributed by atoms with van der Waals surface area (Å²) in [5.74, 6) is 2.45. The molecular formula is C21H22N2OS. The third-order valence-electron chi connectivity index (χ3n) is 4.78. The maximum atomic E-state index is 9.50. The van der Waals surface area contributed by atoms with Crippen molar-refractivity contribution in [2.45, 2.75) is 6.04 Å². The molecule has 25 heavy (non-hydrogen) atoms. The number of hydrogen-bond acceptors (Lipinski definition) is 4. The normalized spacial score (nSPS) is 24.3. The van der Waals surface area contributed by atoms with E-state index in [9.17, 15) is 5.11 Å². The Labute approximate surface area is 153 Å². The molecule has 2 unspecified atom stereocenters. The smallest absolute Gasteiger partial charge is 0.0813 e. The maximum Gasteiger partial charge on any atom is 0.0813 e. The van der Waals surface area contributed by atoms with Crippen LogP contribution in [0.4, 0.5) is 0 Å². The molecule has 1 saturated heterocycles. The van der Waals surface area contributed by atoms with E-state index in [-0.39, 0.29) is 12.6 Å². The molecule has 0 saturated carbocycles. The third kappa shape index (κ3) is 3.37. The van der Waals surface area contributed by atoms with E-state index in [4.69, 9.17) is 5.10 Å². The molecule has 0 aromatic heterocycles. The molecule has 0 amide bonds. The maximum absolute atomic E-state index is 9.50. The van der Waals surface area contributed by atoms with Gasteiger partial charge < -0.3 is 5.11 Å². The second kappa shape index (κ2) is 7.46. The van der Waals surface area contributed by atoms with Crippen molar-refractivity contribution in [3.05, 3.63) is 77.4 Å². The van der Waals surface area contributed by atoms with E-state index in [1.165, 1.54) is 22.4 Å². The second-order valence-corrected chi connectivity index (χ2v) is 7.46. The molecule has 2 aliphatic rings. The van der Waals surface area contributed by atoms with Gasteiger partial charge in [0, 0.05) is 17.4 Å². The average Bonchev–Trinajstić information content (AvgIpc) is 3.03. The standard InChI is InChI=1S/C21H22N2OS/c24-12-11-23-21(17-9-5-2-6-10-17)19-15-25-14-18(20(19)22-23)13-16-7-3-1-4-8-16/h1-10,13,19,21,24H,11-12,14-15H2/b18-13-. The zero-order valence-electron chi connectivity index (χ0n) is 14.1. The third-order valence-corrected chi connectivity index (χ3v) is 5.89. The number of aliphatic hydroxyl groups excluding tert-OH is 1. The molecule has 2 aromatic rings. The van der Waals surface area contributed by atoms with Gasteiger partial charge in [0.2, 0.25) is 0 Å². The highest BCUT2D eigenvalue weighted by Crippen LogP contribution is 2.42.